The molecule has 0 fully saturated rings. The number of halogens is 6. The molecule has 2 N–H and O–H groups in total. The minimum Gasteiger partial charge on any atom is -0.449 e. The van der Waals surface area contributed by atoms with Crippen molar-refractivity contribution in [3.05, 3.63) is 120 Å². The molecule has 4 aromatic rings. The molecular formula is C28H24Cl2F4N2O4Ti. The second kappa shape index (κ2) is 23.4. The van der Waals surface area contributed by atoms with Crippen LogP contribution in [0.15, 0.2) is 84.9 Å². The minimum absolute atomic E-state index is 0. The van der Waals surface area contributed by atoms with Crippen LogP contribution < -0.4 is 10.6 Å². The number of rotatable bonds is 6. The maximum atomic E-state index is 12.9. The normalized spacial score (nSPS) is 9.12. The number of hydrogen-bond acceptors (Lipinski definition) is 4. The van der Waals surface area contributed by atoms with Crippen LogP contribution in [0.25, 0.3) is 0 Å². The van der Waals surface area contributed by atoms with Crippen LogP contribution in [-0.2, 0) is 31.2 Å². The van der Waals surface area contributed by atoms with Crippen LogP contribution in [0.3, 0.4) is 0 Å². The van der Waals surface area contributed by atoms with Crippen LogP contribution in [0.2, 0.25) is 0 Å². The number of nitrogens with one attached hydrogen (secondary N) is 2. The van der Waals surface area contributed by atoms with Gasteiger partial charge in [-0.3, -0.25) is 0 Å². The number of carbonyl (C=O) groups excluding carboxylic acids is 2. The Bertz CT molecular complexity index is 1100. The third-order valence-corrected chi connectivity index (χ3v) is 4.24. The van der Waals surface area contributed by atoms with Crippen LogP contribution in [0.5, 0.6) is 0 Å². The number of ether oxygens (including phenoxy) is 2. The first-order valence-electron chi connectivity index (χ1n) is 11.3. The van der Waals surface area contributed by atoms with E-state index in [9.17, 15) is 27.2 Å². The smallest absolute Gasteiger partial charge is 0.449 e. The van der Waals surface area contributed by atoms with Gasteiger partial charge in [0.2, 0.25) is 0 Å². The van der Waals surface area contributed by atoms with Gasteiger partial charge in [-0.25, -0.2) is 51.4 Å². The molecule has 13 heteroatoms. The first-order chi connectivity index (χ1) is 19.3. The second-order valence-corrected chi connectivity index (χ2v) is 7.65. The van der Waals surface area contributed by atoms with Crippen molar-refractivity contribution in [1.29, 1.82) is 0 Å². The molecule has 0 unspecified atom stereocenters. The van der Waals surface area contributed by atoms with E-state index >= 15 is 0 Å². The zero-order chi connectivity index (χ0) is 29.6. The van der Waals surface area contributed by atoms with Crippen molar-refractivity contribution in [1.82, 2.24) is 0 Å². The van der Waals surface area contributed by atoms with Crippen molar-refractivity contribution in [2.24, 2.45) is 0 Å². The molecule has 0 aliphatic heterocycles. The fourth-order valence-corrected chi connectivity index (χ4v) is 2.43. The molecule has 41 heavy (non-hydrogen) atoms. The van der Waals surface area contributed by atoms with Gasteiger partial charge in [-0.15, -0.1) is 59.6 Å². The molecule has 6 nitrogen and oxygen atoms in total. The quantitative estimate of drug-likeness (QED) is 0.0966. The molecule has 0 saturated heterocycles. The van der Waals surface area contributed by atoms with E-state index in [0.717, 1.165) is 24.3 Å². The van der Waals surface area contributed by atoms with Gasteiger partial charge in [0.25, 0.3) is 0 Å². The Morgan fingerprint density at radius 2 is 1.02 bits per heavy atom. The van der Waals surface area contributed by atoms with Crippen molar-refractivity contribution in [3.63, 3.8) is 0 Å². The Balaban J connectivity index is 0.000000573. The number of amides is 2. The van der Waals surface area contributed by atoms with E-state index < -0.39 is 35.5 Å². The predicted molar refractivity (Wildman–Crippen MR) is 146 cm³/mol. The SMILES string of the molecule is O=C(Nc1ccc(F)[c-]c1F)OCCCl.O=C(Nc1ccc(F)[c-]c1F)OCCCl.[Ti+4].c1cc[cH-]c1.c1cc[cH-]c1. The maximum Gasteiger partial charge on any atom is 4.00 e. The van der Waals surface area contributed by atoms with Crippen molar-refractivity contribution >= 4 is 46.8 Å². The van der Waals surface area contributed by atoms with Gasteiger partial charge < -0.3 is 20.1 Å². The van der Waals surface area contributed by atoms with E-state index in [1.54, 1.807) is 12.1 Å². The van der Waals surface area contributed by atoms with Crippen molar-refractivity contribution in [3.8, 4) is 0 Å². The number of hydrogen-bond donors (Lipinski definition) is 2. The summed E-state index contributed by atoms with van der Waals surface area (Å²) in [5, 5.41) is 4.16. The Morgan fingerprint density at radius 3 is 1.27 bits per heavy atom. The van der Waals surface area contributed by atoms with Gasteiger partial charge in [0, 0.05) is 23.3 Å². The van der Waals surface area contributed by atoms with Crippen molar-refractivity contribution < 1.29 is 58.3 Å². The van der Waals surface area contributed by atoms with E-state index in [-0.39, 0.29) is 58.1 Å². The number of anilines is 2. The Kier molecular flexibility index (Phi) is 21.5. The molecule has 4 rings (SSSR count). The minimum atomic E-state index is -0.988. The Labute approximate surface area is 260 Å². The monoisotopic (exact) mass is 646 g/mol. The van der Waals surface area contributed by atoms with Gasteiger partial charge >= 0.3 is 33.9 Å². The average molecular weight is 647 g/mol. The van der Waals surface area contributed by atoms with Gasteiger partial charge in [-0.1, -0.05) is 0 Å². The zero-order valence-electron chi connectivity index (χ0n) is 21.3. The first kappa shape index (κ1) is 37.7. The van der Waals surface area contributed by atoms with Gasteiger partial charge in [0.15, 0.2) is 0 Å². The van der Waals surface area contributed by atoms with Crippen LogP contribution in [-0.4, -0.2) is 37.2 Å². The summed E-state index contributed by atoms with van der Waals surface area (Å²) in [4.78, 5) is 21.9. The van der Waals surface area contributed by atoms with E-state index in [4.69, 9.17) is 23.2 Å². The maximum absolute atomic E-state index is 12.9. The fraction of sp³-hybridized carbons (Fsp3) is 0.143. The molecule has 0 heterocycles. The predicted octanol–water partition coefficient (Wildman–Crippen LogP) is 7.91. The molecule has 0 radical (unpaired) electrons. The van der Waals surface area contributed by atoms with Crippen molar-refractivity contribution in [2.75, 3.05) is 35.6 Å². The zero-order valence-corrected chi connectivity index (χ0v) is 24.4. The summed E-state index contributed by atoms with van der Waals surface area (Å²) in [7, 11) is 0. The summed E-state index contributed by atoms with van der Waals surface area (Å²) >= 11 is 10.5. The third-order valence-electron chi connectivity index (χ3n) is 3.93. The van der Waals surface area contributed by atoms with Crippen molar-refractivity contribution in [2.45, 2.75) is 0 Å². The molecule has 4 aromatic carbocycles. The summed E-state index contributed by atoms with van der Waals surface area (Å²) in [5.41, 5.74) is -0.396. The number of carbonyl (C=O) groups is 2. The summed E-state index contributed by atoms with van der Waals surface area (Å²) in [6.45, 7) is 0.0276. The Morgan fingerprint density at radius 1 is 0.683 bits per heavy atom. The first-order valence-corrected chi connectivity index (χ1v) is 12.4. The van der Waals surface area contributed by atoms with Crippen LogP contribution in [0, 0.1) is 35.4 Å². The molecule has 0 spiro atoms. The van der Waals surface area contributed by atoms with Crippen LogP contribution >= 0.6 is 23.2 Å². The standard InChI is InChI=1S/2C9H7ClF2NO2.2C5H5.Ti/c2*10-3-4-15-9(14)13-8-2-1-6(11)5-7(8)12;2*1-2-4-5-3-1;/h2*1-2H,3-4H2,(H,13,14);2*1-5H;/q4*-1;+4. The second-order valence-electron chi connectivity index (χ2n) is 6.89. The molecular weight excluding hydrogens is 623 g/mol. The molecule has 0 aliphatic carbocycles. The molecule has 2 amide bonds. The molecule has 0 aliphatic rings. The topological polar surface area (TPSA) is 76.7 Å². The number of alkyl halides is 2. The van der Waals surface area contributed by atoms with Crippen LogP contribution in [0.4, 0.5) is 38.5 Å². The number of benzene rings is 2. The Hall–Kier alpha value is -3.31. The van der Waals surface area contributed by atoms with Crippen LogP contribution in [0.1, 0.15) is 0 Å². The molecule has 0 aromatic heterocycles. The molecule has 0 atom stereocenters. The fourth-order valence-electron chi connectivity index (χ4n) is 2.28. The summed E-state index contributed by atoms with van der Waals surface area (Å²) in [6.07, 6.45) is -1.70. The van der Waals surface area contributed by atoms with E-state index in [2.05, 4.69) is 20.1 Å². The molecule has 0 bridgehead atoms. The van der Waals surface area contributed by atoms with E-state index in [0.29, 0.717) is 0 Å². The van der Waals surface area contributed by atoms with Gasteiger partial charge in [0.1, 0.15) is 13.2 Å². The summed E-state index contributed by atoms with van der Waals surface area (Å²) in [5.74, 6) is -3.37. The largest absolute Gasteiger partial charge is 4.00 e. The summed E-state index contributed by atoms with van der Waals surface area (Å²) in [6, 6.07) is 27.6. The van der Waals surface area contributed by atoms with Gasteiger partial charge in [-0.05, 0) is 11.4 Å². The molecule has 0 saturated carbocycles. The third kappa shape index (κ3) is 18.6. The van der Waals surface area contributed by atoms with E-state index in [1.165, 1.54) is 0 Å². The average Bonchev–Trinajstić information content (AvgIpc) is 3.70. The molecule has 216 valence electrons. The van der Waals surface area contributed by atoms with Gasteiger partial charge in [0.05, 0.1) is 11.8 Å². The van der Waals surface area contributed by atoms with Gasteiger partial charge in [-0.2, -0.15) is 36.4 Å². The van der Waals surface area contributed by atoms with E-state index in [1.807, 2.05) is 60.7 Å². The summed E-state index contributed by atoms with van der Waals surface area (Å²) < 4.78 is 59.8.